The molecule has 1 aliphatic rings. The van der Waals surface area contributed by atoms with Crippen molar-refractivity contribution in [2.75, 3.05) is 18.8 Å². The smallest absolute Gasteiger partial charge is 0.224 e. The van der Waals surface area contributed by atoms with Gasteiger partial charge in [0.25, 0.3) is 0 Å². The number of nitrogens with zero attached hydrogens (tertiary/aromatic N) is 5. The van der Waals surface area contributed by atoms with Gasteiger partial charge in [-0.05, 0) is 50.1 Å². The van der Waals surface area contributed by atoms with E-state index < -0.39 is 0 Å². The topological polar surface area (TPSA) is 99.0 Å². The standard InChI is InChI=1S/C22H25FN6O2/c1-15-8-10-25-28(15)12-9-20(30)27-11-2-3-16(14-27)21(31)19-13-26-29(22(19)24)18-6-4-17(23)5-7-18/h4-8,10,13,16H,2-3,9,11-12,14,24H2,1H3/t16-/m0/s1. The molecule has 162 valence electrons. The minimum Gasteiger partial charge on any atom is -0.383 e. The molecule has 2 N–H and O–H groups in total. The van der Waals surface area contributed by atoms with Gasteiger partial charge in [-0.1, -0.05) is 0 Å². The highest BCUT2D eigenvalue weighted by molar-refractivity contribution is 6.02. The van der Waals surface area contributed by atoms with Crippen LogP contribution in [0.2, 0.25) is 0 Å². The summed E-state index contributed by atoms with van der Waals surface area (Å²) in [5.41, 5.74) is 8.10. The third-order valence-electron chi connectivity index (χ3n) is 5.75. The van der Waals surface area contributed by atoms with Crippen molar-refractivity contribution >= 4 is 17.5 Å². The van der Waals surface area contributed by atoms with Gasteiger partial charge < -0.3 is 10.6 Å². The number of aromatic nitrogens is 4. The van der Waals surface area contributed by atoms with E-state index in [1.54, 1.807) is 27.9 Å². The molecule has 0 aliphatic carbocycles. The second-order valence-electron chi connectivity index (χ2n) is 7.82. The van der Waals surface area contributed by atoms with Gasteiger partial charge >= 0.3 is 0 Å². The first-order chi connectivity index (χ1) is 14.9. The van der Waals surface area contributed by atoms with E-state index in [1.807, 2.05) is 13.0 Å². The number of carbonyl (C=O) groups is 2. The molecule has 3 heterocycles. The minimum atomic E-state index is -0.361. The van der Waals surface area contributed by atoms with E-state index in [0.29, 0.717) is 43.7 Å². The number of benzene rings is 1. The van der Waals surface area contributed by atoms with Gasteiger partial charge in [-0.3, -0.25) is 14.3 Å². The van der Waals surface area contributed by atoms with Crippen molar-refractivity contribution in [2.45, 2.75) is 32.7 Å². The first-order valence-electron chi connectivity index (χ1n) is 10.3. The number of halogens is 1. The molecule has 0 saturated carbocycles. The Morgan fingerprint density at radius 2 is 1.97 bits per heavy atom. The predicted octanol–water partition coefficient (Wildman–Crippen LogP) is 2.61. The van der Waals surface area contributed by atoms with Crippen LogP contribution >= 0.6 is 0 Å². The van der Waals surface area contributed by atoms with Crippen molar-refractivity contribution in [1.82, 2.24) is 24.5 Å². The van der Waals surface area contributed by atoms with Crippen molar-refractivity contribution in [3.63, 3.8) is 0 Å². The zero-order valence-corrected chi connectivity index (χ0v) is 17.4. The maximum absolute atomic E-state index is 13.2. The Balaban J connectivity index is 1.42. The van der Waals surface area contributed by atoms with Crippen molar-refractivity contribution < 1.29 is 14.0 Å². The molecule has 2 aromatic heterocycles. The number of Topliss-reactive ketones (excluding diaryl/α,β-unsaturated/α-hetero) is 1. The number of amides is 1. The average molecular weight is 424 g/mol. The number of nitrogen functional groups attached to an aromatic ring is 1. The highest BCUT2D eigenvalue weighted by atomic mass is 19.1. The van der Waals surface area contributed by atoms with Gasteiger partial charge in [0.1, 0.15) is 11.6 Å². The number of carbonyl (C=O) groups excluding carboxylic acids is 2. The Hall–Kier alpha value is -3.49. The molecule has 3 aromatic rings. The van der Waals surface area contributed by atoms with Crippen LogP contribution in [-0.2, 0) is 11.3 Å². The monoisotopic (exact) mass is 424 g/mol. The van der Waals surface area contributed by atoms with Crippen molar-refractivity contribution in [1.29, 1.82) is 0 Å². The molecule has 4 rings (SSSR count). The van der Waals surface area contributed by atoms with Gasteiger partial charge in [0.05, 0.1) is 17.4 Å². The lowest BCUT2D eigenvalue weighted by atomic mass is 9.90. The lowest BCUT2D eigenvalue weighted by Gasteiger charge is -2.32. The molecule has 0 spiro atoms. The number of piperidine rings is 1. The molecule has 1 saturated heterocycles. The molecular weight excluding hydrogens is 399 g/mol. The fraction of sp³-hybridized carbons (Fsp3) is 0.364. The second-order valence-corrected chi connectivity index (χ2v) is 7.82. The summed E-state index contributed by atoms with van der Waals surface area (Å²) in [7, 11) is 0. The lowest BCUT2D eigenvalue weighted by molar-refractivity contribution is -0.132. The molecule has 1 aromatic carbocycles. The van der Waals surface area contributed by atoms with E-state index in [-0.39, 0.29) is 29.2 Å². The Labute approximate surface area is 179 Å². The molecule has 31 heavy (non-hydrogen) atoms. The van der Waals surface area contributed by atoms with E-state index in [1.165, 1.54) is 23.0 Å². The largest absolute Gasteiger partial charge is 0.383 e. The van der Waals surface area contributed by atoms with Gasteiger partial charge in [-0.15, -0.1) is 0 Å². The van der Waals surface area contributed by atoms with Crippen LogP contribution in [0, 0.1) is 18.7 Å². The van der Waals surface area contributed by atoms with Crippen LogP contribution in [0.3, 0.4) is 0 Å². The number of anilines is 1. The number of hydrogen-bond acceptors (Lipinski definition) is 5. The van der Waals surface area contributed by atoms with E-state index >= 15 is 0 Å². The van der Waals surface area contributed by atoms with E-state index in [0.717, 1.165) is 12.1 Å². The molecule has 0 bridgehead atoms. The number of hydrogen-bond donors (Lipinski definition) is 1. The van der Waals surface area contributed by atoms with Gasteiger partial charge in [0, 0.05) is 43.9 Å². The summed E-state index contributed by atoms with van der Waals surface area (Å²) in [6.45, 7) is 3.48. The summed E-state index contributed by atoms with van der Waals surface area (Å²) in [6, 6.07) is 7.63. The maximum atomic E-state index is 13.2. The number of ketones is 1. The van der Waals surface area contributed by atoms with Gasteiger partial charge in [-0.25, -0.2) is 9.07 Å². The second kappa shape index (κ2) is 8.71. The summed E-state index contributed by atoms with van der Waals surface area (Å²) in [5, 5.41) is 8.42. The van der Waals surface area contributed by atoms with Gasteiger partial charge in [0.15, 0.2) is 5.78 Å². The summed E-state index contributed by atoms with van der Waals surface area (Å²) in [4.78, 5) is 27.6. The Morgan fingerprint density at radius 3 is 2.68 bits per heavy atom. The minimum absolute atomic E-state index is 0.0161. The molecule has 1 aliphatic heterocycles. The number of rotatable bonds is 6. The van der Waals surface area contributed by atoms with Crippen molar-refractivity contribution in [2.24, 2.45) is 5.92 Å². The molecule has 0 unspecified atom stereocenters. The molecule has 8 nitrogen and oxygen atoms in total. The summed E-state index contributed by atoms with van der Waals surface area (Å²) in [6.07, 6.45) is 4.96. The normalized spacial score (nSPS) is 16.5. The average Bonchev–Trinajstić information content (AvgIpc) is 3.37. The van der Waals surface area contributed by atoms with Crippen molar-refractivity contribution in [3.8, 4) is 5.69 Å². The molecule has 9 heteroatoms. The van der Waals surface area contributed by atoms with E-state index in [2.05, 4.69) is 10.2 Å². The van der Waals surface area contributed by atoms with Crippen LogP contribution in [0.5, 0.6) is 0 Å². The van der Waals surface area contributed by atoms with Crippen LogP contribution in [0.1, 0.15) is 35.3 Å². The van der Waals surface area contributed by atoms with Gasteiger partial charge in [0.2, 0.25) is 5.91 Å². The number of nitrogens with two attached hydrogens (primary N) is 1. The quantitative estimate of drug-likeness (QED) is 0.613. The first kappa shape index (κ1) is 20.8. The molecule has 1 atom stereocenters. The Morgan fingerprint density at radius 1 is 1.19 bits per heavy atom. The Bertz CT molecular complexity index is 1090. The summed E-state index contributed by atoms with van der Waals surface area (Å²) >= 11 is 0. The zero-order chi connectivity index (χ0) is 22.0. The fourth-order valence-corrected chi connectivity index (χ4v) is 3.97. The van der Waals surface area contributed by atoms with Crippen molar-refractivity contribution in [3.05, 3.63) is 59.8 Å². The van der Waals surface area contributed by atoms with Crippen LogP contribution in [0.25, 0.3) is 5.69 Å². The molecule has 0 radical (unpaired) electrons. The first-order valence-corrected chi connectivity index (χ1v) is 10.3. The molecule has 1 fully saturated rings. The maximum Gasteiger partial charge on any atom is 0.224 e. The Kier molecular flexibility index (Phi) is 5.83. The van der Waals surface area contributed by atoms with Crippen LogP contribution in [-0.4, -0.2) is 49.2 Å². The highest BCUT2D eigenvalue weighted by Gasteiger charge is 2.31. The number of likely N-dealkylation sites (tertiary alicyclic amines) is 1. The third kappa shape index (κ3) is 4.35. The van der Waals surface area contributed by atoms with Crippen LogP contribution < -0.4 is 5.73 Å². The zero-order valence-electron chi connectivity index (χ0n) is 17.4. The number of aryl methyl sites for hydroxylation is 2. The third-order valence-corrected chi connectivity index (χ3v) is 5.75. The highest BCUT2D eigenvalue weighted by Crippen LogP contribution is 2.25. The lowest BCUT2D eigenvalue weighted by Crippen LogP contribution is -2.42. The molecular formula is C22H25FN6O2. The van der Waals surface area contributed by atoms with Gasteiger partial charge in [-0.2, -0.15) is 10.2 Å². The van der Waals surface area contributed by atoms with Crippen LogP contribution in [0.15, 0.2) is 42.7 Å². The van der Waals surface area contributed by atoms with E-state index in [9.17, 15) is 14.0 Å². The van der Waals surface area contributed by atoms with E-state index in [4.69, 9.17) is 5.73 Å². The summed E-state index contributed by atoms with van der Waals surface area (Å²) in [5.74, 6) is -0.569. The predicted molar refractivity (Wildman–Crippen MR) is 113 cm³/mol. The molecule has 1 amide bonds. The SMILES string of the molecule is Cc1ccnn1CCC(=O)N1CCC[C@H](C(=O)c2cnn(-c3ccc(F)cc3)c2N)C1. The van der Waals surface area contributed by atoms with Crippen LogP contribution in [0.4, 0.5) is 10.2 Å². The fourth-order valence-electron chi connectivity index (χ4n) is 3.97. The summed E-state index contributed by atoms with van der Waals surface area (Å²) < 4.78 is 16.4.